The zero-order valence-corrected chi connectivity index (χ0v) is 16.0. The molecule has 3 N–H and O–H groups in total. The van der Waals surface area contributed by atoms with Crippen molar-refractivity contribution >= 4 is 28.8 Å². The molecule has 5 heteroatoms. The highest BCUT2D eigenvalue weighted by Gasteiger charge is 2.33. The third-order valence-electron chi connectivity index (χ3n) is 4.99. The fourth-order valence-electron chi connectivity index (χ4n) is 3.91. The molecule has 4 nitrogen and oxygen atoms in total. The number of carbonyl (C=O) groups excluding carboxylic acids is 2. The lowest BCUT2D eigenvalue weighted by Gasteiger charge is -2.27. The first-order valence-electron chi connectivity index (χ1n) is 8.53. The number of rotatable bonds is 5. The first kappa shape index (κ1) is 19.3. The van der Waals surface area contributed by atoms with E-state index in [0.29, 0.717) is 17.8 Å². The number of aliphatic hydroxyl groups is 1. The molecule has 1 aromatic rings. The molecule has 25 heavy (non-hydrogen) atoms. The molecule has 134 valence electrons. The van der Waals surface area contributed by atoms with E-state index >= 15 is 0 Å². The van der Waals surface area contributed by atoms with Gasteiger partial charge in [-0.2, -0.15) is 0 Å². The lowest BCUT2D eigenvalue weighted by Crippen LogP contribution is -2.24. The molecule has 2 rings (SSSR count). The van der Waals surface area contributed by atoms with Crippen molar-refractivity contribution in [1.29, 1.82) is 0 Å². The number of Topliss-reactive ketones (excluding diaryl/α,β-unsaturated/α-hetero) is 2. The zero-order chi connectivity index (χ0) is 18.9. The van der Waals surface area contributed by atoms with Crippen LogP contribution in [0.3, 0.4) is 0 Å². The number of hydrogen-bond donors (Lipinski definition) is 2. The number of allylic oxidation sites excluding steroid dienone is 2. The molecular weight excluding hydrogens is 334 g/mol. The van der Waals surface area contributed by atoms with Crippen LogP contribution >= 0.6 is 12.2 Å². The largest absolute Gasteiger partial charge is 0.511 e. The summed E-state index contributed by atoms with van der Waals surface area (Å²) in [6.07, 6.45) is 1.28. The average Bonchev–Trinajstić information content (AvgIpc) is 2.50. The summed E-state index contributed by atoms with van der Waals surface area (Å²) in [6.45, 7) is 7.75. The van der Waals surface area contributed by atoms with Gasteiger partial charge in [0.1, 0.15) is 5.76 Å². The summed E-state index contributed by atoms with van der Waals surface area (Å²) in [7, 11) is 0. The van der Waals surface area contributed by atoms with Gasteiger partial charge < -0.3 is 10.8 Å². The Kier molecular flexibility index (Phi) is 5.78. The number of aliphatic hydroxyl groups excluding tert-OH is 1. The molecule has 0 fully saturated rings. The third kappa shape index (κ3) is 3.82. The average molecular weight is 359 g/mol. The molecule has 0 bridgehead atoms. The molecule has 1 unspecified atom stereocenters. The fraction of sp³-hybridized carbons (Fsp3) is 0.450. The van der Waals surface area contributed by atoms with E-state index < -0.39 is 0 Å². The van der Waals surface area contributed by atoms with Crippen molar-refractivity contribution in [1.82, 2.24) is 0 Å². The van der Waals surface area contributed by atoms with Gasteiger partial charge in [-0.3, -0.25) is 9.59 Å². The number of ketones is 2. The van der Waals surface area contributed by atoms with E-state index in [4.69, 9.17) is 18.0 Å². The van der Waals surface area contributed by atoms with Crippen molar-refractivity contribution in [2.75, 3.05) is 0 Å². The monoisotopic (exact) mass is 359 g/mol. The highest BCUT2D eigenvalue weighted by molar-refractivity contribution is 7.80. The van der Waals surface area contributed by atoms with Crippen molar-refractivity contribution in [3.63, 3.8) is 0 Å². The highest BCUT2D eigenvalue weighted by atomic mass is 32.1. The second-order valence-corrected chi connectivity index (χ2v) is 7.32. The Morgan fingerprint density at radius 2 is 1.92 bits per heavy atom. The van der Waals surface area contributed by atoms with Gasteiger partial charge >= 0.3 is 0 Å². The van der Waals surface area contributed by atoms with Crippen LogP contribution in [0, 0.1) is 20.8 Å². The molecule has 1 atom stereocenters. The second kappa shape index (κ2) is 7.48. The number of carbonyl (C=O) groups is 2. The number of thiocarbonyl (C=S) groups is 1. The number of aryl methyl sites for hydroxylation is 2. The van der Waals surface area contributed by atoms with E-state index in [2.05, 4.69) is 6.07 Å². The standard InChI is InChI=1S/C20H25NO3S/c1-5-15(22)20-16(23)7-13(8-17(20)24)19-11(3)6-10(2)14(12(19)4)9-18(21)25/h6,13,23H,5,7-9H2,1-4H3,(H2,21,25). The lowest BCUT2D eigenvalue weighted by molar-refractivity contribution is -0.122. The minimum atomic E-state index is -0.285. The predicted molar refractivity (Wildman–Crippen MR) is 103 cm³/mol. The lowest BCUT2D eigenvalue weighted by atomic mass is 9.76. The predicted octanol–water partition coefficient (Wildman–Crippen LogP) is 3.68. The molecule has 1 aliphatic rings. The van der Waals surface area contributed by atoms with Crippen LogP contribution in [0.2, 0.25) is 0 Å². The van der Waals surface area contributed by atoms with Crippen LogP contribution in [0.5, 0.6) is 0 Å². The van der Waals surface area contributed by atoms with E-state index in [-0.39, 0.29) is 41.7 Å². The normalized spacial score (nSPS) is 17.8. The van der Waals surface area contributed by atoms with Crippen molar-refractivity contribution in [3.8, 4) is 0 Å². The molecule has 0 aromatic heterocycles. The Morgan fingerprint density at radius 1 is 1.28 bits per heavy atom. The second-order valence-electron chi connectivity index (χ2n) is 6.80. The van der Waals surface area contributed by atoms with Crippen molar-refractivity contribution in [2.24, 2.45) is 5.73 Å². The summed E-state index contributed by atoms with van der Waals surface area (Å²) in [6, 6.07) is 2.08. The Bertz CT molecular complexity index is 793. The molecule has 1 aliphatic carbocycles. The van der Waals surface area contributed by atoms with Gasteiger partial charge in [0.15, 0.2) is 11.6 Å². The van der Waals surface area contributed by atoms with Gasteiger partial charge in [-0.05, 0) is 54.5 Å². The highest BCUT2D eigenvalue weighted by Crippen LogP contribution is 2.39. The van der Waals surface area contributed by atoms with Gasteiger partial charge in [0.25, 0.3) is 0 Å². The summed E-state index contributed by atoms with van der Waals surface area (Å²) < 4.78 is 0. The van der Waals surface area contributed by atoms with Gasteiger partial charge in [-0.25, -0.2) is 0 Å². The van der Waals surface area contributed by atoms with Gasteiger partial charge in [0.05, 0.1) is 10.6 Å². The van der Waals surface area contributed by atoms with Crippen LogP contribution in [0.4, 0.5) is 0 Å². The minimum absolute atomic E-state index is 0.00970. The van der Waals surface area contributed by atoms with E-state index in [1.807, 2.05) is 20.8 Å². The van der Waals surface area contributed by atoms with E-state index in [1.54, 1.807) is 6.92 Å². The number of hydrogen-bond acceptors (Lipinski definition) is 4. The minimum Gasteiger partial charge on any atom is -0.511 e. The first-order chi connectivity index (χ1) is 11.7. The summed E-state index contributed by atoms with van der Waals surface area (Å²) in [5.41, 5.74) is 11.1. The molecule has 0 amide bonds. The van der Waals surface area contributed by atoms with Crippen LogP contribution in [-0.4, -0.2) is 21.7 Å². The topological polar surface area (TPSA) is 80.4 Å². The van der Waals surface area contributed by atoms with Gasteiger partial charge in [0, 0.05) is 25.7 Å². The molecule has 0 saturated carbocycles. The third-order valence-corrected chi connectivity index (χ3v) is 5.13. The number of benzene rings is 1. The smallest absolute Gasteiger partial charge is 0.170 e. The summed E-state index contributed by atoms with van der Waals surface area (Å²) in [5.74, 6) is -0.765. The number of nitrogens with two attached hydrogens (primary N) is 1. The van der Waals surface area contributed by atoms with Crippen LogP contribution in [0.15, 0.2) is 17.4 Å². The van der Waals surface area contributed by atoms with Crippen LogP contribution < -0.4 is 5.73 Å². The Balaban J connectivity index is 2.50. The molecular formula is C20H25NO3S. The molecule has 0 heterocycles. The SMILES string of the molecule is CCC(=O)C1=C(O)CC(c2c(C)cc(C)c(CC(N)=S)c2C)CC1=O. The summed E-state index contributed by atoms with van der Waals surface area (Å²) in [4.78, 5) is 24.8. The maximum absolute atomic E-state index is 12.5. The molecule has 0 saturated heterocycles. The van der Waals surface area contributed by atoms with Crippen LogP contribution in [0.1, 0.15) is 59.9 Å². The van der Waals surface area contributed by atoms with Crippen molar-refractivity contribution in [2.45, 2.75) is 59.3 Å². The maximum Gasteiger partial charge on any atom is 0.170 e. The summed E-state index contributed by atoms with van der Waals surface area (Å²) >= 11 is 5.06. The van der Waals surface area contributed by atoms with Crippen molar-refractivity contribution < 1.29 is 14.7 Å². The Hall–Kier alpha value is -2.01. The van der Waals surface area contributed by atoms with Gasteiger partial charge in [0.2, 0.25) is 0 Å². The Labute approximate surface area is 154 Å². The van der Waals surface area contributed by atoms with E-state index in [9.17, 15) is 14.7 Å². The van der Waals surface area contributed by atoms with Gasteiger partial charge in [-0.1, -0.05) is 25.2 Å². The van der Waals surface area contributed by atoms with E-state index in [0.717, 1.165) is 27.8 Å². The quantitative estimate of drug-likeness (QED) is 0.619. The first-order valence-corrected chi connectivity index (χ1v) is 8.94. The fourth-order valence-corrected chi connectivity index (χ4v) is 4.05. The van der Waals surface area contributed by atoms with Crippen LogP contribution in [-0.2, 0) is 16.0 Å². The van der Waals surface area contributed by atoms with Gasteiger partial charge in [-0.15, -0.1) is 0 Å². The zero-order valence-electron chi connectivity index (χ0n) is 15.2. The maximum atomic E-state index is 12.5. The summed E-state index contributed by atoms with van der Waals surface area (Å²) in [5, 5.41) is 10.3. The molecule has 0 radical (unpaired) electrons. The van der Waals surface area contributed by atoms with Crippen molar-refractivity contribution in [3.05, 3.63) is 45.2 Å². The van der Waals surface area contributed by atoms with E-state index in [1.165, 1.54) is 0 Å². The van der Waals surface area contributed by atoms with Crippen LogP contribution in [0.25, 0.3) is 0 Å². The molecule has 0 aliphatic heterocycles. The molecule has 0 spiro atoms. The molecule has 1 aromatic carbocycles. The Morgan fingerprint density at radius 3 is 2.44 bits per heavy atom.